The number of aliphatic hydroxyl groups is 1. The molecule has 1 aliphatic rings. The van der Waals surface area contributed by atoms with E-state index in [9.17, 15) is 0 Å². The van der Waals surface area contributed by atoms with Crippen LogP contribution in [0.2, 0.25) is 0 Å². The van der Waals surface area contributed by atoms with E-state index in [1.54, 1.807) is 0 Å². The summed E-state index contributed by atoms with van der Waals surface area (Å²) >= 11 is 0. The van der Waals surface area contributed by atoms with Crippen LogP contribution in [-0.4, -0.2) is 60.3 Å². The lowest BCUT2D eigenvalue weighted by atomic mass is 10.1. The first kappa shape index (κ1) is 13.9. The highest BCUT2D eigenvalue weighted by Gasteiger charge is 2.23. The van der Waals surface area contributed by atoms with Crippen molar-refractivity contribution in [2.75, 3.05) is 39.3 Å². The van der Waals surface area contributed by atoms with E-state index in [1.165, 1.54) is 26.2 Å². The van der Waals surface area contributed by atoms with Crippen molar-refractivity contribution < 1.29 is 5.11 Å². The highest BCUT2D eigenvalue weighted by molar-refractivity contribution is 4.79. The molecule has 1 aliphatic heterocycles. The molecule has 96 valence electrons. The van der Waals surface area contributed by atoms with Crippen LogP contribution in [0, 0.1) is 5.92 Å². The molecule has 3 nitrogen and oxygen atoms in total. The monoisotopic (exact) mass is 228 g/mol. The first-order valence-electron chi connectivity index (χ1n) is 6.70. The van der Waals surface area contributed by atoms with Crippen LogP contribution in [0.3, 0.4) is 0 Å². The maximum atomic E-state index is 8.76. The Labute approximate surface area is 100 Å². The maximum Gasteiger partial charge on any atom is 0.0431 e. The summed E-state index contributed by atoms with van der Waals surface area (Å²) in [5.74, 6) is 0.767. The Hall–Kier alpha value is -0.120. The van der Waals surface area contributed by atoms with Gasteiger partial charge >= 0.3 is 0 Å². The van der Waals surface area contributed by atoms with Crippen LogP contribution in [0.15, 0.2) is 0 Å². The fourth-order valence-corrected chi connectivity index (χ4v) is 2.46. The lowest BCUT2D eigenvalue weighted by molar-refractivity contribution is 0.0726. The minimum atomic E-state index is 0.336. The van der Waals surface area contributed by atoms with Gasteiger partial charge in [0.25, 0.3) is 0 Å². The second-order valence-electron chi connectivity index (χ2n) is 5.47. The molecule has 1 rings (SSSR count). The lowest BCUT2D eigenvalue weighted by Gasteiger charge is -2.40. The Morgan fingerprint density at radius 1 is 1.25 bits per heavy atom. The number of aliphatic hydroxyl groups excluding tert-OH is 1. The van der Waals surface area contributed by atoms with Crippen molar-refractivity contribution in [2.24, 2.45) is 5.92 Å². The lowest BCUT2D eigenvalue weighted by Crippen LogP contribution is -2.52. The predicted octanol–water partition coefficient (Wildman–Crippen LogP) is 1.42. The molecular weight excluding hydrogens is 200 g/mol. The van der Waals surface area contributed by atoms with E-state index in [-0.39, 0.29) is 0 Å². The van der Waals surface area contributed by atoms with E-state index in [1.807, 2.05) is 0 Å². The Morgan fingerprint density at radius 2 is 2.00 bits per heavy atom. The molecule has 1 atom stereocenters. The average molecular weight is 228 g/mol. The van der Waals surface area contributed by atoms with Crippen molar-refractivity contribution in [3.8, 4) is 0 Å². The first-order chi connectivity index (χ1) is 7.63. The molecule has 0 aromatic carbocycles. The molecule has 0 aromatic heterocycles. The van der Waals surface area contributed by atoms with Gasteiger partial charge in [0.15, 0.2) is 0 Å². The number of unbranched alkanes of at least 4 members (excludes halogenated alkanes) is 1. The number of rotatable bonds is 6. The van der Waals surface area contributed by atoms with Crippen molar-refractivity contribution in [2.45, 2.75) is 39.7 Å². The van der Waals surface area contributed by atoms with E-state index < -0.39 is 0 Å². The van der Waals surface area contributed by atoms with Crippen molar-refractivity contribution in [3.63, 3.8) is 0 Å². The predicted molar refractivity (Wildman–Crippen MR) is 68.6 cm³/mol. The topological polar surface area (TPSA) is 26.7 Å². The fraction of sp³-hybridized carbons (Fsp3) is 1.00. The highest BCUT2D eigenvalue weighted by atomic mass is 16.2. The summed E-state index contributed by atoms with van der Waals surface area (Å²) in [6.07, 6.45) is 2.08. The van der Waals surface area contributed by atoms with Crippen LogP contribution >= 0.6 is 0 Å². The van der Waals surface area contributed by atoms with Gasteiger partial charge in [0.2, 0.25) is 0 Å². The van der Waals surface area contributed by atoms with Gasteiger partial charge in [0.1, 0.15) is 0 Å². The summed E-state index contributed by atoms with van der Waals surface area (Å²) in [6.45, 7) is 13.2. The molecule has 0 radical (unpaired) electrons. The van der Waals surface area contributed by atoms with Gasteiger partial charge in [-0.15, -0.1) is 0 Å². The number of hydrogen-bond acceptors (Lipinski definition) is 3. The normalized spacial score (nSPS) is 24.2. The van der Waals surface area contributed by atoms with Crippen LogP contribution in [-0.2, 0) is 0 Å². The molecule has 16 heavy (non-hydrogen) atoms. The van der Waals surface area contributed by atoms with Crippen LogP contribution in [0.25, 0.3) is 0 Å². The summed E-state index contributed by atoms with van der Waals surface area (Å²) in [5.41, 5.74) is 0. The van der Waals surface area contributed by atoms with Crippen molar-refractivity contribution in [3.05, 3.63) is 0 Å². The largest absolute Gasteiger partial charge is 0.396 e. The van der Waals surface area contributed by atoms with Gasteiger partial charge in [0, 0.05) is 38.8 Å². The molecule has 1 saturated heterocycles. The quantitative estimate of drug-likeness (QED) is 0.697. The summed E-state index contributed by atoms with van der Waals surface area (Å²) in [4.78, 5) is 5.14. The summed E-state index contributed by atoms with van der Waals surface area (Å²) in [6, 6.07) is 0.685. The smallest absolute Gasteiger partial charge is 0.0431 e. The zero-order valence-corrected chi connectivity index (χ0v) is 11.2. The van der Waals surface area contributed by atoms with Crippen molar-refractivity contribution >= 4 is 0 Å². The van der Waals surface area contributed by atoms with Crippen molar-refractivity contribution in [1.82, 2.24) is 9.80 Å². The van der Waals surface area contributed by atoms with Gasteiger partial charge in [-0.05, 0) is 32.2 Å². The Balaban J connectivity index is 2.22. The molecule has 0 spiro atoms. The Bertz CT molecular complexity index is 185. The fourth-order valence-electron chi connectivity index (χ4n) is 2.46. The van der Waals surface area contributed by atoms with Crippen LogP contribution in [0.4, 0.5) is 0 Å². The molecule has 0 aliphatic carbocycles. The molecule has 0 amide bonds. The molecule has 1 unspecified atom stereocenters. The van der Waals surface area contributed by atoms with Crippen molar-refractivity contribution in [1.29, 1.82) is 0 Å². The molecule has 1 N–H and O–H groups in total. The van der Waals surface area contributed by atoms with Gasteiger partial charge in [-0.3, -0.25) is 4.90 Å². The van der Waals surface area contributed by atoms with E-state index in [2.05, 4.69) is 30.6 Å². The highest BCUT2D eigenvalue weighted by Crippen LogP contribution is 2.12. The minimum absolute atomic E-state index is 0.336. The minimum Gasteiger partial charge on any atom is -0.396 e. The van der Waals surface area contributed by atoms with Gasteiger partial charge in [0.05, 0.1) is 0 Å². The van der Waals surface area contributed by atoms with Gasteiger partial charge in [-0.1, -0.05) is 13.8 Å². The number of nitrogens with zero attached hydrogens (tertiary/aromatic N) is 2. The zero-order valence-electron chi connectivity index (χ0n) is 11.2. The van der Waals surface area contributed by atoms with Gasteiger partial charge in [-0.2, -0.15) is 0 Å². The molecule has 1 heterocycles. The molecule has 0 bridgehead atoms. The van der Waals surface area contributed by atoms with Gasteiger partial charge < -0.3 is 10.0 Å². The number of hydrogen-bond donors (Lipinski definition) is 1. The molecule has 0 saturated carbocycles. The molecule has 1 fully saturated rings. The van der Waals surface area contributed by atoms with Gasteiger partial charge in [-0.25, -0.2) is 0 Å². The van der Waals surface area contributed by atoms with Crippen LogP contribution in [0.5, 0.6) is 0 Å². The van der Waals surface area contributed by atoms with Crippen LogP contribution < -0.4 is 0 Å². The number of piperazine rings is 1. The standard InChI is InChI=1S/C13H28N2O/c1-12(2)10-15-8-7-14(11-13(15)3)6-4-5-9-16/h12-13,16H,4-11H2,1-3H3. The average Bonchev–Trinajstić information content (AvgIpc) is 2.22. The third kappa shape index (κ3) is 4.81. The van der Waals surface area contributed by atoms with E-state index >= 15 is 0 Å². The third-order valence-corrected chi connectivity index (χ3v) is 3.33. The van der Waals surface area contributed by atoms with Crippen LogP contribution in [0.1, 0.15) is 33.6 Å². The Kier molecular flexibility index (Phi) is 6.32. The summed E-state index contributed by atoms with van der Waals surface area (Å²) < 4.78 is 0. The molecule has 0 aromatic rings. The second kappa shape index (κ2) is 7.25. The first-order valence-corrected chi connectivity index (χ1v) is 6.70. The van der Waals surface area contributed by atoms with E-state index in [4.69, 9.17) is 5.11 Å². The summed E-state index contributed by atoms with van der Waals surface area (Å²) in [7, 11) is 0. The second-order valence-corrected chi connectivity index (χ2v) is 5.47. The summed E-state index contributed by atoms with van der Waals surface area (Å²) in [5, 5.41) is 8.76. The SMILES string of the molecule is CC(C)CN1CCN(CCCCO)CC1C. The molecular formula is C13H28N2O. The van der Waals surface area contributed by atoms with E-state index in [0.29, 0.717) is 12.6 Å². The van der Waals surface area contributed by atoms with E-state index in [0.717, 1.165) is 25.3 Å². The zero-order chi connectivity index (χ0) is 12.0. The third-order valence-electron chi connectivity index (χ3n) is 3.33. The molecule has 3 heteroatoms. The maximum absolute atomic E-state index is 8.76. The Morgan fingerprint density at radius 3 is 2.56 bits per heavy atom.